The minimum absolute atomic E-state index is 0. The fraction of sp³-hybridized carbons (Fsp3) is 0. The summed E-state index contributed by atoms with van der Waals surface area (Å²) in [6, 6.07) is 10.3. The van der Waals surface area contributed by atoms with E-state index in [1.54, 1.807) is 6.07 Å². The molecule has 0 atom stereocenters. The number of hydrogen-bond donors (Lipinski definition) is 1. The largest absolute Gasteiger partial charge is 1.00 e. The SMILES string of the molecule is O=S(=O)(O)Oc1ccc2cc(Br)ccc2c1.[K+]. The fourth-order valence-electron chi connectivity index (χ4n) is 1.37. The van der Waals surface area contributed by atoms with Crippen LogP contribution in [0.1, 0.15) is 0 Å². The Morgan fingerprint density at radius 2 is 1.65 bits per heavy atom. The zero-order valence-corrected chi connectivity index (χ0v) is 14.4. The van der Waals surface area contributed by atoms with Crippen LogP contribution in [0.3, 0.4) is 0 Å². The summed E-state index contributed by atoms with van der Waals surface area (Å²) < 4.78 is 34.9. The van der Waals surface area contributed by atoms with Crippen LogP contribution < -0.4 is 55.6 Å². The molecule has 84 valence electrons. The number of fused-ring (bicyclic) bond motifs is 1. The van der Waals surface area contributed by atoms with Gasteiger partial charge in [-0.1, -0.05) is 28.1 Å². The van der Waals surface area contributed by atoms with Gasteiger partial charge in [0.1, 0.15) is 5.75 Å². The Hall–Kier alpha value is 0.526. The quantitative estimate of drug-likeness (QED) is 0.606. The van der Waals surface area contributed by atoms with Crippen molar-refractivity contribution in [2.24, 2.45) is 0 Å². The van der Waals surface area contributed by atoms with Crippen LogP contribution in [0.25, 0.3) is 10.8 Å². The standard InChI is InChI=1S/C10H7BrO4S.K/c11-9-3-1-8-6-10(15-16(12,13)14)4-2-7(8)5-9;/h1-6H,(H,12,13,14);/q;+1. The van der Waals surface area contributed by atoms with Crippen LogP contribution in [0.2, 0.25) is 0 Å². The van der Waals surface area contributed by atoms with Crippen LogP contribution in [-0.4, -0.2) is 13.0 Å². The molecule has 1 N–H and O–H groups in total. The van der Waals surface area contributed by atoms with E-state index in [0.717, 1.165) is 15.2 Å². The number of halogens is 1. The van der Waals surface area contributed by atoms with E-state index in [0.29, 0.717) is 0 Å². The second kappa shape index (κ2) is 6.11. The molecule has 0 aliphatic rings. The summed E-state index contributed by atoms with van der Waals surface area (Å²) in [7, 11) is -4.46. The van der Waals surface area contributed by atoms with Crippen LogP contribution in [-0.2, 0) is 10.4 Å². The number of hydrogen-bond acceptors (Lipinski definition) is 3. The van der Waals surface area contributed by atoms with Gasteiger partial charge in [0.15, 0.2) is 0 Å². The van der Waals surface area contributed by atoms with Crippen LogP contribution in [0, 0.1) is 0 Å². The van der Waals surface area contributed by atoms with Gasteiger partial charge < -0.3 is 4.18 Å². The molecule has 4 nitrogen and oxygen atoms in total. The maximum Gasteiger partial charge on any atom is 1.00 e. The van der Waals surface area contributed by atoms with Gasteiger partial charge in [0.25, 0.3) is 0 Å². The Balaban J connectivity index is 0.00000144. The Morgan fingerprint density at radius 1 is 1.06 bits per heavy atom. The molecule has 0 fully saturated rings. The van der Waals surface area contributed by atoms with Crippen molar-refractivity contribution in [3.63, 3.8) is 0 Å². The van der Waals surface area contributed by atoms with Crippen molar-refractivity contribution in [1.82, 2.24) is 0 Å². The smallest absolute Gasteiger partial charge is 0.362 e. The van der Waals surface area contributed by atoms with Crippen LogP contribution in [0.4, 0.5) is 0 Å². The van der Waals surface area contributed by atoms with E-state index in [1.807, 2.05) is 18.2 Å². The topological polar surface area (TPSA) is 63.6 Å². The Bertz CT molecular complexity index is 642. The van der Waals surface area contributed by atoms with Crippen molar-refractivity contribution in [1.29, 1.82) is 0 Å². The summed E-state index contributed by atoms with van der Waals surface area (Å²) in [6.45, 7) is 0. The third kappa shape index (κ3) is 4.60. The predicted octanol–water partition coefficient (Wildman–Crippen LogP) is -0.212. The van der Waals surface area contributed by atoms with Crippen molar-refractivity contribution in [2.45, 2.75) is 0 Å². The molecule has 2 aromatic carbocycles. The summed E-state index contributed by atoms with van der Waals surface area (Å²) in [6.07, 6.45) is 0. The molecule has 2 rings (SSSR count). The molecule has 0 aromatic heterocycles. The third-order valence-electron chi connectivity index (χ3n) is 1.98. The molecule has 0 amide bonds. The molecule has 0 unspecified atom stereocenters. The molecule has 0 radical (unpaired) electrons. The molecular weight excluding hydrogens is 335 g/mol. The molecule has 0 spiro atoms. The third-order valence-corrected chi connectivity index (χ3v) is 2.87. The van der Waals surface area contributed by atoms with Gasteiger partial charge in [-0.3, -0.25) is 4.55 Å². The molecule has 0 aliphatic heterocycles. The average molecular weight is 342 g/mol. The van der Waals surface area contributed by atoms with Crippen molar-refractivity contribution in [3.05, 3.63) is 40.9 Å². The monoisotopic (exact) mass is 341 g/mol. The summed E-state index contributed by atoms with van der Waals surface area (Å²) >= 11 is 3.33. The first-order valence-corrected chi connectivity index (χ1v) is 6.46. The summed E-state index contributed by atoms with van der Waals surface area (Å²) in [5, 5.41) is 1.77. The summed E-state index contributed by atoms with van der Waals surface area (Å²) in [5.74, 6) is 0.0809. The van der Waals surface area contributed by atoms with E-state index in [4.69, 9.17) is 4.55 Å². The van der Waals surface area contributed by atoms with Crippen molar-refractivity contribution in [3.8, 4) is 5.75 Å². The predicted molar refractivity (Wildman–Crippen MR) is 63.8 cm³/mol. The van der Waals surface area contributed by atoms with Gasteiger partial charge in [0.05, 0.1) is 0 Å². The van der Waals surface area contributed by atoms with E-state index in [1.165, 1.54) is 12.1 Å². The Kier molecular flexibility index (Phi) is 5.60. The minimum atomic E-state index is -4.46. The molecule has 0 saturated heterocycles. The zero-order valence-electron chi connectivity index (χ0n) is 8.92. The van der Waals surface area contributed by atoms with E-state index in [2.05, 4.69) is 20.1 Å². The molecule has 0 heterocycles. The van der Waals surface area contributed by atoms with Gasteiger partial charge >= 0.3 is 61.8 Å². The normalized spacial score (nSPS) is 10.9. The van der Waals surface area contributed by atoms with Gasteiger partial charge in [0, 0.05) is 4.47 Å². The molecule has 0 saturated carbocycles. The maximum atomic E-state index is 10.5. The maximum absolute atomic E-state index is 10.5. The van der Waals surface area contributed by atoms with E-state index >= 15 is 0 Å². The van der Waals surface area contributed by atoms with Crippen LogP contribution in [0.15, 0.2) is 40.9 Å². The molecule has 0 bridgehead atoms. The molecule has 0 aliphatic carbocycles. The van der Waals surface area contributed by atoms with E-state index in [-0.39, 0.29) is 57.1 Å². The average Bonchev–Trinajstić information content (AvgIpc) is 2.16. The van der Waals surface area contributed by atoms with Gasteiger partial charge in [-0.2, -0.15) is 8.42 Å². The van der Waals surface area contributed by atoms with Gasteiger partial charge in [-0.25, -0.2) is 0 Å². The second-order valence-corrected chi connectivity index (χ2v) is 5.10. The van der Waals surface area contributed by atoms with Gasteiger partial charge in [-0.05, 0) is 35.0 Å². The van der Waals surface area contributed by atoms with E-state index < -0.39 is 10.4 Å². The first-order chi connectivity index (χ1) is 7.44. The first kappa shape index (κ1) is 15.6. The summed E-state index contributed by atoms with van der Waals surface area (Å²) in [4.78, 5) is 0. The van der Waals surface area contributed by atoms with Crippen molar-refractivity contribution < 1.29 is 68.5 Å². The second-order valence-electron chi connectivity index (χ2n) is 3.16. The fourth-order valence-corrected chi connectivity index (χ4v) is 2.09. The van der Waals surface area contributed by atoms with Crippen LogP contribution >= 0.6 is 15.9 Å². The Morgan fingerprint density at radius 3 is 2.29 bits per heavy atom. The van der Waals surface area contributed by atoms with E-state index in [9.17, 15) is 8.42 Å². The van der Waals surface area contributed by atoms with Gasteiger partial charge in [-0.15, -0.1) is 0 Å². The molecule has 2 aromatic rings. The van der Waals surface area contributed by atoms with Crippen molar-refractivity contribution >= 4 is 37.1 Å². The molecule has 17 heavy (non-hydrogen) atoms. The first-order valence-electron chi connectivity index (χ1n) is 4.30. The zero-order chi connectivity index (χ0) is 11.8. The molecule has 7 heteroatoms. The summed E-state index contributed by atoms with van der Waals surface area (Å²) in [5.41, 5.74) is 0. The number of benzene rings is 2. The van der Waals surface area contributed by atoms with Crippen LogP contribution in [0.5, 0.6) is 5.75 Å². The molecular formula is C10H7BrKO4S+. The van der Waals surface area contributed by atoms with Gasteiger partial charge in [0.2, 0.25) is 0 Å². The Labute approximate surface area is 150 Å². The van der Waals surface area contributed by atoms with Crippen molar-refractivity contribution in [2.75, 3.05) is 0 Å². The number of rotatable bonds is 2. The minimum Gasteiger partial charge on any atom is -0.362 e.